The van der Waals surface area contributed by atoms with Crippen LogP contribution in [0.4, 0.5) is 0 Å². The van der Waals surface area contributed by atoms with Crippen molar-refractivity contribution in [1.29, 1.82) is 0 Å². The molecule has 1 fully saturated rings. The second-order valence-corrected chi connectivity index (χ2v) is 6.41. The van der Waals surface area contributed by atoms with Gasteiger partial charge in [0.15, 0.2) is 0 Å². The predicted octanol–water partition coefficient (Wildman–Crippen LogP) is 3.06. The van der Waals surface area contributed by atoms with Gasteiger partial charge in [-0.25, -0.2) is 4.84 Å². The molecule has 2 aliphatic rings. The summed E-state index contributed by atoms with van der Waals surface area (Å²) < 4.78 is 6.09. The number of likely N-dealkylation sites (N-methyl/N-ethyl adjacent to an activating group) is 1. The van der Waals surface area contributed by atoms with Crippen LogP contribution >= 0.6 is 0 Å². The molecular weight excluding hydrogens is 308 g/mol. The molecule has 0 saturated carbocycles. The molecule has 2 aliphatic heterocycles. The Morgan fingerprint density at radius 2 is 1.92 bits per heavy atom. The van der Waals surface area contributed by atoms with Gasteiger partial charge >= 0.3 is 5.72 Å². The van der Waals surface area contributed by atoms with Crippen LogP contribution in [0.5, 0.6) is 5.75 Å². The maximum absolute atomic E-state index is 12.1. The largest absolute Gasteiger partial charge is 0.475 e. The first-order chi connectivity index (χ1) is 11.5. The van der Waals surface area contributed by atoms with E-state index in [0.29, 0.717) is 12.3 Å². The minimum Gasteiger partial charge on any atom is -0.475 e. The van der Waals surface area contributed by atoms with Crippen LogP contribution in [0.25, 0.3) is 0 Å². The number of fused-ring (bicyclic) bond motifs is 3. The molecule has 124 valence electrons. The Balaban J connectivity index is 1.92. The van der Waals surface area contributed by atoms with Crippen LogP contribution in [0.1, 0.15) is 28.7 Å². The van der Waals surface area contributed by atoms with Crippen LogP contribution < -0.4 is 4.74 Å². The Morgan fingerprint density at radius 3 is 2.62 bits per heavy atom. The van der Waals surface area contributed by atoms with E-state index in [1.54, 1.807) is 12.1 Å². The zero-order chi connectivity index (χ0) is 16.9. The molecule has 2 aromatic carbocycles. The molecule has 0 aliphatic carbocycles. The molecule has 2 aromatic rings. The number of hydroxylamine groups is 2. The third kappa shape index (κ3) is 2.03. The summed E-state index contributed by atoms with van der Waals surface area (Å²) in [6, 6.07) is 15.1. The molecule has 0 bridgehead atoms. The van der Waals surface area contributed by atoms with Crippen LogP contribution in [0.15, 0.2) is 48.5 Å². The van der Waals surface area contributed by atoms with Crippen molar-refractivity contribution in [2.75, 3.05) is 13.6 Å². The van der Waals surface area contributed by atoms with E-state index >= 15 is 0 Å². The third-order valence-corrected chi connectivity index (χ3v) is 4.82. The molecular formula is C18H18N2O4. The fourth-order valence-electron chi connectivity index (χ4n) is 3.68. The van der Waals surface area contributed by atoms with Gasteiger partial charge in [0, 0.05) is 24.7 Å². The van der Waals surface area contributed by atoms with Crippen LogP contribution in [0, 0.1) is 17.0 Å². The SMILES string of the molecule is Cc1ccc([C@@H]2Oc3ccccc3[C@H]3CN(C)O[C@]32[N+](=O)[O-])cc1. The van der Waals surface area contributed by atoms with Crippen LogP contribution in [0.3, 0.4) is 0 Å². The van der Waals surface area contributed by atoms with Gasteiger partial charge in [0.25, 0.3) is 0 Å². The van der Waals surface area contributed by atoms with Gasteiger partial charge in [-0.05, 0) is 13.0 Å². The second-order valence-electron chi connectivity index (χ2n) is 6.41. The number of para-hydroxylation sites is 1. The zero-order valence-corrected chi connectivity index (χ0v) is 13.5. The van der Waals surface area contributed by atoms with Crippen molar-refractivity contribution in [3.8, 4) is 5.75 Å². The Hall–Kier alpha value is -2.44. The lowest BCUT2D eigenvalue weighted by molar-refractivity contribution is -0.655. The number of benzene rings is 2. The Bertz CT molecular complexity index is 792. The summed E-state index contributed by atoms with van der Waals surface area (Å²) in [6.45, 7) is 2.43. The molecule has 6 heteroatoms. The van der Waals surface area contributed by atoms with E-state index in [4.69, 9.17) is 9.57 Å². The van der Waals surface area contributed by atoms with Gasteiger partial charge in [-0.3, -0.25) is 10.1 Å². The average Bonchev–Trinajstić information content (AvgIpc) is 2.93. The Morgan fingerprint density at radius 1 is 1.21 bits per heavy atom. The van der Waals surface area contributed by atoms with E-state index < -0.39 is 17.7 Å². The summed E-state index contributed by atoms with van der Waals surface area (Å²) in [5, 5.41) is 13.7. The van der Waals surface area contributed by atoms with E-state index in [1.807, 2.05) is 55.5 Å². The molecule has 2 heterocycles. The van der Waals surface area contributed by atoms with E-state index in [1.165, 1.54) is 0 Å². The highest BCUT2D eigenvalue weighted by molar-refractivity contribution is 5.43. The quantitative estimate of drug-likeness (QED) is 0.627. The van der Waals surface area contributed by atoms with Crippen molar-refractivity contribution in [3.05, 3.63) is 75.3 Å². The molecule has 0 radical (unpaired) electrons. The number of rotatable bonds is 2. The minimum atomic E-state index is -1.65. The van der Waals surface area contributed by atoms with Crippen molar-refractivity contribution in [2.45, 2.75) is 24.7 Å². The van der Waals surface area contributed by atoms with E-state index in [0.717, 1.165) is 16.7 Å². The van der Waals surface area contributed by atoms with Crippen LogP contribution in [-0.4, -0.2) is 29.3 Å². The molecule has 0 amide bonds. The second kappa shape index (κ2) is 5.29. The highest BCUT2D eigenvalue weighted by Gasteiger charge is 2.68. The summed E-state index contributed by atoms with van der Waals surface area (Å²) in [5.41, 5.74) is 0.999. The topological polar surface area (TPSA) is 64.8 Å². The number of ether oxygens (including phenoxy) is 1. The lowest BCUT2D eigenvalue weighted by Gasteiger charge is -2.37. The lowest BCUT2D eigenvalue weighted by Crippen LogP contribution is -2.53. The summed E-state index contributed by atoms with van der Waals surface area (Å²) in [4.78, 5) is 17.6. The first-order valence-corrected chi connectivity index (χ1v) is 7.89. The molecule has 24 heavy (non-hydrogen) atoms. The zero-order valence-electron chi connectivity index (χ0n) is 13.5. The molecule has 4 rings (SSSR count). The number of aryl methyl sites for hydroxylation is 1. The van der Waals surface area contributed by atoms with Crippen molar-refractivity contribution < 1.29 is 14.5 Å². The normalized spacial score (nSPS) is 28.8. The smallest absolute Gasteiger partial charge is 0.389 e. The number of nitro groups is 1. The standard InChI is InChI=1S/C18H18N2O4/c1-12-7-9-13(10-8-12)17-18(20(21)22)15(11-19(2)24-18)14-5-3-4-6-16(14)23-17/h3-10,15,17H,11H2,1-2H3/t15-,17+,18-/m1/s1. The summed E-state index contributed by atoms with van der Waals surface area (Å²) in [7, 11) is 1.72. The first-order valence-electron chi connectivity index (χ1n) is 7.89. The molecule has 3 atom stereocenters. The Labute approximate surface area is 139 Å². The molecule has 0 N–H and O–H groups in total. The maximum Gasteiger partial charge on any atom is 0.389 e. The maximum atomic E-state index is 12.1. The predicted molar refractivity (Wildman–Crippen MR) is 87.2 cm³/mol. The number of hydrogen-bond acceptors (Lipinski definition) is 5. The molecule has 0 unspecified atom stereocenters. The highest BCUT2D eigenvalue weighted by atomic mass is 16.8. The highest BCUT2D eigenvalue weighted by Crippen LogP contribution is 2.54. The van der Waals surface area contributed by atoms with Crippen molar-refractivity contribution >= 4 is 0 Å². The first kappa shape index (κ1) is 15.1. The fraction of sp³-hybridized carbons (Fsp3) is 0.333. The van der Waals surface area contributed by atoms with E-state index in [2.05, 4.69) is 0 Å². The third-order valence-electron chi connectivity index (χ3n) is 4.82. The van der Waals surface area contributed by atoms with Gasteiger partial charge in [-0.2, -0.15) is 5.06 Å². The van der Waals surface area contributed by atoms with Crippen molar-refractivity contribution in [3.63, 3.8) is 0 Å². The summed E-state index contributed by atoms with van der Waals surface area (Å²) in [5.74, 6) is 0.290. The number of nitrogens with zero attached hydrogens (tertiary/aromatic N) is 2. The van der Waals surface area contributed by atoms with Gasteiger partial charge in [-0.1, -0.05) is 48.0 Å². The van der Waals surface area contributed by atoms with E-state index in [-0.39, 0.29) is 4.92 Å². The average molecular weight is 326 g/mol. The van der Waals surface area contributed by atoms with Crippen LogP contribution in [-0.2, 0) is 4.84 Å². The van der Waals surface area contributed by atoms with Gasteiger partial charge in [0.05, 0.1) is 4.92 Å². The fourth-order valence-corrected chi connectivity index (χ4v) is 3.68. The van der Waals surface area contributed by atoms with Gasteiger partial charge in [0.1, 0.15) is 11.7 Å². The van der Waals surface area contributed by atoms with Gasteiger partial charge < -0.3 is 4.74 Å². The van der Waals surface area contributed by atoms with E-state index in [9.17, 15) is 10.1 Å². The van der Waals surface area contributed by atoms with Gasteiger partial charge in [-0.15, -0.1) is 0 Å². The lowest BCUT2D eigenvalue weighted by atomic mass is 9.80. The molecule has 0 aromatic heterocycles. The van der Waals surface area contributed by atoms with Crippen LogP contribution in [0.2, 0.25) is 0 Å². The number of hydrogen-bond donors (Lipinski definition) is 0. The summed E-state index contributed by atoms with van der Waals surface area (Å²) >= 11 is 0. The van der Waals surface area contributed by atoms with Crippen molar-refractivity contribution in [2.24, 2.45) is 0 Å². The van der Waals surface area contributed by atoms with Gasteiger partial charge in [0.2, 0.25) is 6.10 Å². The molecule has 1 saturated heterocycles. The Kier molecular flexibility index (Phi) is 3.33. The minimum absolute atomic E-state index is 0.332. The molecule has 6 nitrogen and oxygen atoms in total. The summed E-state index contributed by atoms with van der Waals surface area (Å²) in [6.07, 6.45) is -0.807. The monoisotopic (exact) mass is 326 g/mol. The molecule has 0 spiro atoms. The van der Waals surface area contributed by atoms with Crippen molar-refractivity contribution in [1.82, 2.24) is 5.06 Å².